The van der Waals surface area contributed by atoms with E-state index in [0.717, 1.165) is 0 Å². The van der Waals surface area contributed by atoms with Gasteiger partial charge in [-0.25, -0.2) is 0 Å². The molecule has 0 amide bonds. The van der Waals surface area contributed by atoms with Crippen LogP contribution in [0.25, 0.3) is 0 Å². The Hall–Kier alpha value is -1.78. The number of hydrogen-bond donors (Lipinski definition) is 1. The molecule has 1 N–H and O–H groups in total. The van der Waals surface area contributed by atoms with E-state index in [0.29, 0.717) is 18.0 Å². The van der Waals surface area contributed by atoms with E-state index in [1.54, 1.807) is 27.8 Å². The second-order valence-electron chi connectivity index (χ2n) is 3.50. The largest absolute Gasteiger partial charge is 0.507 e. The minimum Gasteiger partial charge on any atom is -0.507 e. The Kier molecular flexibility index (Phi) is 3.71. The zero-order valence-corrected chi connectivity index (χ0v) is 9.94. The van der Waals surface area contributed by atoms with Crippen LogP contribution in [0.2, 0.25) is 0 Å². The predicted octanol–water partition coefficient (Wildman–Crippen LogP) is 1.16. The van der Waals surface area contributed by atoms with Crippen molar-refractivity contribution in [3.63, 3.8) is 0 Å². The SMILES string of the molecule is CCO/N=C(/C)c1c(O)cc(C)n(C)c1=O. The van der Waals surface area contributed by atoms with Crippen LogP contribution >= 0.6 is 0 Å². The van der Waals surface area contributed by atoms with Gasteiger partial charge < -0.3 is 14.5 Å². The number of pyridine rings is 1. The molecule has 0 aliphatic carbocycles. The lowest BCUT2D eigenvalue weighted by Crippen LogP contribution is -2.25. The average Bonchev–Trinajstić information content (AvgIpc) is 2.23. The molecule has 0 fully saturated rings. The van der Waals surface area contributed by atoms with Crippen molar-refractivity contribution in [1.29, 1.82) is 0 Å². The van der Waals surface area contributed by atoms with Gasteiger partial charge in [0.05, 0.1) is 5.71 Å². The zero-order chi connectivity index (χ0) is 12.3. The van der Waals surface area contributed by atoms with Crippen LogP contribution in [0.5, 0.6) is 5.75 Å². The number of aryl methyl sites for hydroxylation is 1. The highest BCUT2D eigenvalue weighted by Gasteiger charge is 2.13. The van der Waals surface area contributed by atoms with Gasteiger partial charge in [-0.15, -0.1) is 0 Å². The maximum atomic E-state index is 11.9. The molecular weight excluding hydrogens is 208 g/mol. The Bertz CT molecular complexity index is 475. The van der Waals surface area contributed by atoms with E-state index in [-0.39, 0.29) is 16.9 Å². The predicted molar refractivity (Wildman–Crippen MR) is 61.9 cm³/mol. The number of aromatic nitrogens is 1. The molecule has 5 heteroatoms. The molecule has 0 spiro atoms. The van der Waals surface area contributed by atoms with Gasteiger partial charge in [0.1, 0.15) is 17.9 Å². The monoisotopic (exact) mass is 224 g/mol. The van der Waals surface area contributed by atoms with E-state index >= 15 is 0 Å². The lowest BCUT2D eigenvalue weighted by Gasteiger charge is -2.08. The molecule has 0 aromatic carbocycles. The van der Waals surface area contributed by atoms with Crippen molar-refractivity contribution in [2.45, 2.75) is 20.8 Å². The highest BCUT2D eigenvalue weighted by Crippen LogP contribution is 2.15. The number of hydrogen-bond acceptors (Lipinski definition) is 4. The third-order valence-corrected chi connectivity index (χ3v) is 2.34. The summed E-state index contributed by atoms with van der Waals surface area (Å²) in [5.41, 5.74) is 0.968. The van der Waals surface area contributed by atoms with Crippen molar-refractivity contribution in [2.75, 3.05) is 6.61 Å². The van der Waals surface area contributed by atoms with E-state index in [4.69, 9.17) is 4.84 Å². The Morgan fingerprint density at radius 2 is 2.25 bits per heavy atom. The standard InChI is InChI=1S/C11H16N2O3/c1-5-16-12-8(3)10-9(14)6-7(2)13(4)11(10)15/h6,14H,5H2,1-4H3/b12-8-. The maximum absolute atomic E-state index is 11.9. The molecule has 0 aliphatic rings. The molecule has 88 valence electrons. The molecule has 0 radical (unpaired) electrons. The van der Waals surface area contributed by atoms with Gasteiger partial charge in [-0.05, 0) is 20.8 Å². The number of rotatable bonds is 3. The third-order valence-electron chi connectivity index (χ3n) is 2.34. The summed E-state index contributed by atoms with van der Waals surface area (Å²) in [6.45, 7) is 5.59. The first-order valence-electron chi connectivity index (χ1n) is 5.05. The van der Waals surface area contributed by atoms with Gasteiger partial charge in [-0.3, -0.25) is 4.79 Å². The van der Waals surface area contributed by atoms with Crippen molar-refractivity contribution in [2.24, 2.45) is 12.2 Å². The van der Waals surface area contributed by atoms with Gasteiger partial charge in [0.15, 0.2) is 0 Å². The summed E-state index contributed by atoms with van der Waals surface area (Å²) in [7, 11) is 1.65. The smallest absolute Gasteiger partial charge is 0.263 e. The molecule has 1 heterocycles. The molecule has 0 bridgehead atoms. The molecule has 16 heavy (non-hydrogen) atoms. The first kappa shape index (κ1) is 12.3. The van der Waals surface area contributed by atoms with Crippen LogP contribution in [-0.2, 0) is 11.9 Å². The first-order valence-corrected chi connectivity index (χ1v) is 5.05. The molecule has 1 aromatic rings. The Morgan fingerprint density at radius 1 is 1.62 bits per heavy atom. The average molecular weight is 224 g/mol. The summed E-state index contributed by atoms with van der Waals surface area (Å²) in [5.74, 6) is -0.0680. The normalized spacial score (nSPS) is 11.6. The lowest BCUT2D eigenvalue weighted by molar-refractivity contribution is 0.159. The molecule has 0 aliphatic heterocycles. The quantitative estimate of drug-likeness (QED) is 0.619. The Morgan fingerprint density at radius 3 is 2.81 bits per heavy atom. The van der Waals surface area contributed by atoms with Crippen molar-refractivity contribution in [3.05, 3.63) is 27.7 Å². The minimum atomic E-state index is -0.279. The number of oxime groups is 1. The summed E-state index contributed by atoms with van der Waals surface area (Å²) in [4.78, 5) is 16.7. The first-order chi connectivity index (χ1) is 7.49. The lowest BCUT2D eigenvalue weighted by atomic mass is 10.1. The van der Waals surface area contributed by atoms with Gasteiger partial charge in [-0.1, -0.05) is 5.16 Å². The van der Waals surface area contributed by atoms with Gasteiger partial charge >= 0.3 is 0 Å². The van der Waals surface area contributed by atoms with Crippen LogP contribution < -0.4 is 5.56 Å². The molecule has 0 saturated carbocycles. The second kappa shape index (κ2) is 4.83. The van der Waals surface area contributed by atoms with Gasteiger partial charge in [-0.2, -0.15) is 0 Å². The number of nitrogens with zero attached hydrogens (tertiary/aromatic N) is 2. The topological polar surface area (TPSA) is 63.8 Å². The van der Waals surface area contributed by atoms with Crippen LogP contribution in [0.3, 0.4) is 0 Å². The fourth-order valence-electron chi connectivity index (χ4n) is 1.35. The van der Waals surface area contributed by atoms with Gasteiger partial charge in [0, 0.05) is 18.8 Å². The van der Waals surface area contributed by atoms with Crippen LogP contribution in [0.4, 0.5) is 0 Å². The van der Waals surface area contributed by atoms with E-state index in [9.17, 15) is 9.90 Å². The van der Waals surface area contributed by atoms with Crippen molar-refractivity contribution >= 4 is 5.71 Å². The molecule has 1 rings (SSSR count). The van der Waals surface area contributed by atoms with Crippen LogP contribution in [-0.4, -0.2) is 22.0 Å². The Balaban J connectivity index is 3.35. The van der Waals surface area contributed by atoms with Crippen LogP contribution in [0.15, 0.2) is 16.0 Å². The zero-order valence-electron chi connectivity index (χ0n) is 9.94. The van der Waals surface area contributed by atoms with E-state index in [2.05, 4.69) is 5.16 Å². The summed E-state index contributed by atoms with van der Waals surface area (Å²) < 4.78 is 1.46. The summed E-state index contributed by atoms with van der Waals surface area (Å²) in [6.07, 6.45) is 0. The molecule has 0 unspecified atom stereocenters. The van der Waals surface area contributed by atoms with Gasteiger partial charge in [0.25, 0.3) is 5.56 Å². The minimum absolute atomic E-state index is 0.0680. The highest BCUT2D eigenvalue weighted by atomic mass is 16.6. The molecular formula is C11H16N2O3. The van der Waals surface area contributed by atoms with Crippen molar-refractivity contribution < 1.29 is 9.94 Å². The molecule has 0 atom stereocenters. The van der Waals surface area contributed by atoms with Crippen molar-refractivity contribution in [3.8, 4) is 5.75 Å². The second-order valence-corrected chi connectivity index (χ2v) is 3.50. The summed E-state index contributed by atoms with van der Waals surface area (Å²) in [6, 6.07) is 1.53. The maximum Gasteiger partial charge on any atom is 0.263 e. The molecule has 1 aromatic heterocycles. The third kappa shape index (κ3) is 2.24. The van der Waals surface area contributed by atoms with Crippen LogP contribution in [0.1, 0.15) is 25.1 Å². The Labute approximate surface area is 94.0 Å². The van der Waals surface area contributed by atoms with E-state index < -0.39 is 0 Å². The number of aromatic hydroxyl groups is 1. The van der Waals surface area contributed by atoms with Gasteiger partial charge in [0.2, 0.25) is 0 Å². The molecule has 5 nitrogen and oxygen atoms in total. The fraction of sp³-hybridized carbons (Fsp3) is 0.455. The van der Waals surface area contributed by atoms with E-state index in [1.165, 1.54) is 10.6 Å². The van der Waals surface area contributed by atoms with Crippen molar-refractivity contribution in [1.82, 2.24) is 4.57 Å². The summed E-state index contributed by atoms with van der Waals surface area (Å²) in [5, 5.41) is 13.5. The fourth-order valence-corrected chi connectivity index (χ4v) is 1.35. The van der Waals surface area contributed by atoms with Crippen LogP contribution in [0, 0.1) is 6.92 Å². The van der Waals surface area contributed by atoms with E-state index in [1.807, 2.05) is 0 Å². The summed E-state index contributed by atoms with van der Waals surface area (Å²) >= 11 is 0. The molecule has 0 saturated heterocycles. The highest BCUT2D eigenvalue weighted by molar-refractivity contribution is 6.00.